The number of carbonyl (C=O) groups excluding carboxylic acids is 3. The minimum Gasteiger partial charge on any atom is -0.481 e. The number of unbranched alkanes of at least 4 members (excludes halogenated alkanes) is 2. The molecule has 358 valence electrons. The smallest absolute Gasteiger partial charge is 0.481 e. The summed E-state index contributed by atoms with van der Waals surface area (Å²) < 4.78 is 62.2. The van der Waals surface area contributed by atoms with Crippen LogP contribution < -0.4 is 22.1 Å². The summed E-state index contributed by atoms with van der Waals surface area (Å²) in [7, 11) is -16.5. The van der Waals surface area contributed by atoms with Crippen LogP contribution in [0.3, 0.4) is 0 Å². The highest BCUT2D eigenvalue weighted by molar-refractivity contribution is 8.13. The maximum Gasteiger partial charge on any atom is 0.481 e. The molecule has 9 unspecified atom stereocenters. The lowest BCUT2D eigenvalue weighted by atomic mass is 9.87. The van der Waals surface area contributed by atoms with E-state index in [1.54, 1.807) is 6.92 Å². The summed E-state index contributed by atoms with van der Waals surface area (Å²) in [5.74, 6) is -2.24. The van der Waals surface area contributed by atoms with Crippen molar-refractivity contribution in [2.75, 3.05) is 37.8 Å². The molecule has 0 aliphatic carbocycles. The lowest BCUT2D eigenvalue weighted by Gasteiger charge is -2.30. The number of nitrogens with zero attached hydrogens (tertiary/aromatic N) is 4. The Kier molecular flexibility index (Phi) is 20.7. The molecule has 0 spiro atoms. The summed E-state index contributed by atoms with van der Waals surface area (Å²) >= 11 is 1.05. The third-order valence-corrected chi connectivity index (χ3v) is 13.4. The van der Waals surface area contributed by atoms with Gasteiger partial charge in [-0.2, -0.15) is 4.31 Å². The van der Waals surface area contributed by atoms with E-state index in [1.807, 2.05) is 0 Å². The highest BCUT2D eigenvalue weighted by Crippen LogP contribution is 2.61. The number of thioether (sulfide) groups is 1. The number of carboxylic acid groups (broad SMARTS) is 1. The van der Waals surface area contributed by atoms with Crippen LogP contribution in [0.2, 0.25) is 0 Å². The average molecular weight is 981 g/mol. The Morgan fingerprint density at radius 2 is 1.68 bits per heavy atom. The molecule has 2 amide bonds. The fourth-order valence-corrected chi connectivity index (χ4v) is 9.54. The molecular formula is C32H55N8O19P3S. The van der Waals surface area contributed by atoms with Gasteiger partial charge < -0.3 is 61.7 Å². The van der Waals surface area contributed by atoms with Gasteiger partial charge in [0, 0.05) is 49.6 Å². The second-order valence-corrected chi connectivity index (χ2v) is 20.5. The number of phosphoric ester groups is 3. The van der Waals surface area contributed by atoms with Crippen molar-refractivity contribution in [1.29, 1.82) is 0 Å². The molecule has 1 aliphatic rings. The number of nitrogens with one attached hydrogen (secondary N) is 2. The van der Waals surface area contributed by atoms with E-state index in [1.165, 1.54) is 13.8 Å². The van der Waals surface area contributed by atoms with Gasteiger partial charge in [-0.05, 0) is 25.7 Å². The Morgan fingerprint density at radius 3 is 2.33 bits per heavy atom. The van der Waals surface area contributed by atoms with Crippen molar-refractivity contribution < 1.29 is 90.4 Å². The fraction of sp³-hybridized carbons (Fsp3) is 0.719. The van der Waals surface area contributed by atoms with Crippen LogP contribution in [0.4, 0.5) is 5.82 Å². The minimum absolute atomic E-state index is 0.00152. The predicted octanol–water partition coefficient (Wildman–Crippen LogP) is 0.0533. The van der Waals surface area contributed by atoms with Crippen molar-refractivity contribution in [1.82, 2.24) is 30.2 Å². The first-order chi connectivity index (χ1) is 29.2. The van der Waals surface area contributed by atoms with E-state index in [2.05, 4.69) is 34.4 Å². The van der Waals surface area contributed by atoms with Crippen LogP contribution in [0.25, 0.3) is 11.2 Å². The van der Waals surface area contributed by atoms with Crippen LogP contribution in [0.1, 0.15) is 71.9 Å². The number of rotatable bonds is 28. The highest BCUT2D eigenvalue weighted by Gasteiger charge is 2.50. The van der Waals surface area contributed by atoms with Gasteiger partial charge >= 0.3 is 29.4 Å². The molecule has 63 heavy (non-hydrogen) atoms. The van der Waals surface area contributed by atoms with E-state index in [0.717, 1.165) is 41.8 Å². The number of aliphatic hydroxyl groups is 2. The number of fused-ring (bicyclic) bond motifs is 1. The number of carbonyl (C=O) groups is 4. The molecule has 9 atom stereocenters. The summed E-state index contributed by atoms with van der Waals surface area (Å²) in [6.07, 6.45) is -3.93. The lowest BCUT2D eigenvalue weighted by Crippen LogP contribution is -2.46. The zero-order valence-corrected chi connectivity index (χ0v) is 37.9. The number of hydrogen-bond donors (Lipinski definition) is 11. The molecule has 1 fully saturated rings. The summed E-state index contributed by atoms with van der Waals surface area (Å²) in [5, 5.41) is 35.4. The summed E-state index contributed by atoms with van der Waals surface area (Å²) in [6.45, 7) is 2.14. The first-order valence-corrected chi connectivity index (χ1v) is 24.7. The second kappa shape index (κ2) is 24.0. The highest BCUT2D eigenvalue weighted by atomic mass is 32.2. The molecule has 1 saturated heterocycles. The SMILES string of the molecule is CC(N)C(CCCCCC(=O)SCCNC(=O)CCNC(=O)C(O)C(C)(C)COP(=O)(O)OP(=O)(O)OCC1OC(n2cnc3c(N)ncnc32)C(O)C1OP(=O)(O)O)CC(=O)O. The number of nitrogens with two attached hydrogens (primary N) is 2. The number of phosphoric acid groups is 3. The molecule has 3 heterocycles. The third kappa shape index (κ3) is 18.1. The second-order valence-electron chi connectivity index (χ2n) is 15.1. The predicted molar refractivity (Wildman–Crippen MR) is 220 cm³/mol. The van der Waals surface area contributed by atoms with Gasteiger partial charge in [0.2, 0.25) is 11.8 Å². The van der Waals surface area contributed by atoms with Crippen molar-refractivity contribution in [2.24, 2.45) is 17.1 Å². The Bertz CT molecular complexity index is 2020. The third-order valence-electron chi connectivity index (χ3n) is 9.40. The van der Waals surface area contributed by atoms with Crippen LogP contribution in [-0.4, -0.2) is 140 Å². The number of hydrogen-bond acceptors (Lipinski definition) is 20. The Hall–Kier alpha value is -3.01. The molecule has 31 heteroatoms. The Labute approximate surface area is 364 Å². The maximum absolute atomic E-state index is 12.7. The minimum atomic E-state index is -5.59. The van der Waals surface area contributed by atoms with Crippen LogP contribution in [-0.2, 0) is 55.5 Å². The zero-order valence-electron chi connectivity index (χ0n) is 34.4. The number of anilines is 1. The molecule has 2 aromatic heterocycles. The van der Waals surface area contributed by atoms with Gasteiger partial charge in [0.25, 0.3) is 0 Å². The first-order valence-electron chi connectivity index (χ1n) is 19.2. The van der Waals surface area contributed by atoms with Crippen LogP contribution in [0.15, 0.2) is 12.7 Å². The molecule has 27 nitrogen and oxygen atoms in total. The first kappa shape index (κ1) is 54.3. The quantitative estimate of drug-likeness (QED) is 0.0396. The van der Waals surface area contributed by atoms with Crippen LogP contribution in [0.5, 0.6) is 0 Å². The molecule has 2 aromatic rings. The van der Waals surface area contributed by atoms with Crippen molar-refractivity contribution in [3.63, 3.8) is 0 Å². The molecule has 0 bridgehead atoms. The van der Waals surface area contributed by atoms with Crippen molar-refractivity contribution in [2.45, 2.75) is 102 Å². The van der Waals surface area contributed by atoms with Gasteiger partial charge in [-0.3, -0.25) is 37.3 Å². The number of aliphatic carboxylic acids is 1. The average Bonchev–Trinajstić information content (AvgIpc) is 3.73. The molecule has 3 rings (SSSR count). The number of amides is 2. The zero-order chi connectivity index (χ0) is 47.3. The monoisotopic (exact) mass is 980 g/mol. The van der Waals surface area contributed by atoms with E-state index < -0.39 is 90.5 Å². The van der Waals surface area contributed by atoms with Gasteiger partial charge in [0.15, 0.2) is 22.8 Å². The van der Waals surface area contributed by atoms with Gasteiger partial charge in [0.05, 0.1) is 19.5 Å². The van der Waals surface area contributed by atoms with E-state index >= 15 is 0 Å². The largest absolute Gasteiger partial charge is 0.481 e. The number of carboxylic acids is 1. The lowest BCUT2D eigenvalue weighted by molar-refractivity contribution is -0.138. The van der Waals surface area contributed by atoms with Gasteiger partial charge in [-0.15, -0.1) is 0 Å². The van der Waals surface area contributed by atoms with Gasteiger partial charge in [-0.1, -0.05) is 38.5 Å². The topological polar surface area (TPSA) is 427 Å². The molecule has 13 N–H and O–H groups in total. The summed E-state index contributed by atoms with van der Waals surface area (Å²) in [5.41, 5.74) is 10.1. The fourth-order valence-electron chi connectivity index (χ4n) is 5.99. The summed E-state index contributed by atoms with van der Waals surface area (Å²) in [4.78, 5) is 99.0. The number of aromatic nitrogens is 4. The standard InChI is InChI=1S/C32H55N8O19P3S/c1-18(33)19(13-22(42)43)7-5-4-6-8-23(44)63-12-11-35-21(41)9-10-36-30(47)27(46)32(2,3)15-56-62(53,54)59-61(51,52)55-14-20-26(58-60(48,49)50)25(45)31(57-20)40-17-39-24-28(34)37-16-38-29(24)40/h16-20,25-27,31,45-46H,4-15,33H2,1-3H3,(H,35,41)(H,36,47)(H,42,43)(H,51,52)(H,53,54)(H2,34,37,38)(H2,48,49,50). The van der Waals surface area contributed by atoms with Crippen molar-refractivity contribution in [3.05, 3.63) is 12.7 Å². The van der Waals surface area contributed by atoms with E-state index in [4.69, 9.17) is 30.4 Å². The van der Waals surface area contributed by atoms with E-state index in [9.17, 15) is 62.7 Å². The Morgan fingerprint density at radius 1 is 1.00 bits per heavy atom. The van der Waals surface area contributed by atoms with E-state index in [-0.39, 0.29) is 60.0 Å². The number of aliphatic hydroxyl groups excluding tert-OH is 2. The maximum atomic E-state index is 12.7. The van der Waals surface area contributed by atoms with Crippen molar-refractivity contribution >= 4 is 75.1 Å². The van der Waals surface area contributed by atoms with Crippen molar-refractivity contribution in [3.8, 4) is 0 Å². The van der Waals surface area contributed by atoms with E-state index in [0.29, 0.717) is 25.0 Å². The molecule has 0 saturated carbocycles. The molecule has 0 radical (unpaired) electrons. The Balaban J connectivity index is 1.39. The number of ether oxygens (including phenoxy) is 1. The van der Waals surface area contributed by atoms with Crippen LogP contribution >= 0.6 is 35.2 Å². The number of nitrogen functional groups attached to an aromatic ring is 1. The van der Waals surface area contributed by atoms with Gasteiger partial charge in [0.1, 0.15) is 36.3 Å². The molecule has 0 aromatic carbocycles. The number of imidazole rings is 1. The normalized spacial score (nSPS) is 21.6. The van der Waals surface area contributed by atoms with Crippen LogP contribution in [0, 0.1) is 11.3 Å². The molecular weight excluding hydrogens is 925 g/mol. The molecule has 1 aliphatic heterocycles. The summed E-state index contributed by atoms with van der Waals surface area (Å²) in [6, 6.07) is -0.243. The van der Waals surface area contributed by atoms with Gasteiger partial charge in [-0.25, -0.2) is 28.6 Å².